The van der Waals surface area contributed by atoms with E-state index in [1.165, 1.54) is 0 Å². The van der Waals surface area contributed by atoms with Crippen LogP contribution in [0.2, 0.25) is 0 Å². The van der Waals surface area contributed by atoms with Gasteiger partial charge in [0.1, 0.15) is 0 Å². The molecule has 0 heterocycles. The molecule has 2 rings (SSSR count). The molecule has 4 nitrogen and oxygen atoms in total. The monoisotopic (exact) mass is 283 g/mol. The fourth-order valence-corrected chi connectivity index (χ4v) is 2.08. The van der Waals surface area contributed by atoms with Crippen molar-refractivity contribution < 1.29 is 14.7 Å². The lowest BCUT2D eigenvalue weighted by Crippen LogP contribution is -2.31. The minimum atomic E-state index is -0.947. The molecule has 1 unspecified atom stereocenters. The van der Waals surface area contributed by atoms with Crippen molar-refractivity contribution in [1.82, 2.24) is 0 Å². The molecule has 108 valence electrons. The summed E-state index contributed by atoms with van der Waals surface area (Å²) in [7, 11) is 0. The minimum absolute atomic E-state index is 0.102. The Kier molecular flexibility index (Phi) is 4.85. The van der Waals surface area contributed by atoms with Gasteiger partial charge in [-0.25, -0.2) is 0 Å². The van der Waals surface area contributed by atoms with Crippen molar-refractivity contribution in [2.24, 2.45) is 5.73 Å². The molecule has 0 radical (unpaired) electrons. The van der Waals surface area contributed by atoms with Gasteiger partial charge in [-0.3, -0.25) is 9.59 Å². The second-order valence-electron chi connectivity index (χ2n) is 4.85. The van der Waals surface area contributed by atoms with Crippen molar-refractivity contribution in [2.75, 3.05) is 0 Å². The third-order valence-corrected chi connectivity index (χ3v) is 3.28. The molecule has 21 heavy (non-hydrogen) atoms. The summed E-state index contributed by atoms with van der Waals surface area (Å²) in [6.45, 7) is 0. The van der Waals surface area contributed by atoms with Crippen molar-refractivity contribution in [2.45, 2.75) is 18.9 Å². The first-order valence-corrected chi connectivity index (χ1v) is 6.75. The Bertz CT molecular complexity index is 620. The van der Waals surface area contributed by atoms with Crippen molar-refractivity contribution in [3.8, 4) is 11.1 Å². The van der Waals surface area contributed by atoms with Crippen LogP contribution >= 0.6 is 0 Å². The van der Waals surface area contributed by atoms with Crippen LogP contribution in [0.25, 0.3) is 11.1 Å². The summed E-state index contributed by atoms with van der Waals surface area (Å²) in [6, 6.07) is 16.3. The highest BCUT2D eigenvalue weighted by molar-refractivity contribution is 6.00. The lowest BCUT2D eigenvalue weighted by Gasteiger charge is -2.10. The first kappa shape index (κ1) is 14.9. The number of carboxylic acid groups (broad SMARTS) is 1. The predicted molar refractivity (Wildman–Crippen MR) is 81.1 cm³/mol. The molecule has 2 aromatic carbocycles. The number of benzene rings is 2. The van der Waals surface area contributed by atoms with Crippen LogP contribution in [0.4, 0.5) is 0 Å². The van der Waals surface area contributed by atoms with Crippen LogP contribution in [-0.4, -0.2) is 22.9 Å². The Morgan fingerprint density at radius 2 is 1.52 bits per heavy atom. The van der Waals surface area contributed by atoms with Gasteiger partial charge in [-0.2, -0.15) is 0 Å². The Balaban J connectivity index is 2.08. The summed E-state index contributed by atoms with van der Waals surface area (Å²) >= 11 is 0. The number of ketones is 1. The molecular weight excluding hydrogens is 266 g/mol. The van der Waals surface area contributed by atoms with E-state index in [4.69, 9.17) is 10.8 Å². The molecule has 1 atom stereocenters. The molecule has 2 aromatic rings. The molecule has 3 N–H and O–H groups in total. The van der Waals surface area contributed by atoms with Crippen molar-refractivity contribution >= 4 is 11.8 Å². The number of hydrogen-bond acceptors (Lipinski definition) is 3. The summed E-state index contributed by atoms with van der Waals surface area (Å²) in [5.41, 5.74) is 8.34. The average Bonchev–Trinajstić information content (AvgIpc) is 2.53. The Morgan fingerprint density at radius 1 is 0.952 bits per heavy atom. The summed E-state index contributed by atoms with van der Waals surface area (Å²) in [4.78, 5) is 22.6. The second-order valence-corrected chi connectivity index (χ2v) is 4.85. The number of hydrogen-bond donors (Lipinski definition) is 2. The molecule has 0 aliphatic carbocycles. The zero-order valence-corrected chi connectivity index (χ0v) is 11.5. The molecule has 0 aliphatic heterocycles. The van der Waals surface area contributed by atoms with Crippen LogP contribution in [0.1, 0.15) is 23.2 Å². The van der Waals surface area contributed by atoms with Gasteiger partial charge in [0.15, 0.2) is 5.78 Å². The molecule has 4 heteroatoms. The fourth-order valence-electron chi connectivity index (χ4n) is 2.08. The number of rotatable bonds is 6. The third kappa shape index (κ3) is 4.00. The molecule has 0 spiro atoms. The average molecular weight is 283 g/mol. The van der Waals surface area contributed by atoms with E-state index < -0.39 is 12.0 Å². The van der Waals surface area contributed by atoms with Gasteiger partial charge in [-0.15, -0.1) is 0 Å². The number of aliphatic carboxylic acids is 1. The van der Waals surface area contributed by atoms with Gasteiger partial charge in [0.05, 0.1) is 6.04 Å². The van der Waals surface area contributed by atoms with E-state index in [0.717, 1.165) is 11.1 Å². The minimum Gasteiger partial charge on any atom is -0.481 e. The van der Waals surface area contributed by atoms with Crippen LogP contribution in [0, 0.1) is 0 Å². The lowest BCUT2D eigenvalue weighted by molar-refractivity contribution is -0.137. The van der Waals surface area contributed by atoms with Crippen LogP contribution in [0.15, 0.2) is 54.6 Å². The molecule has 0 saturated heterocycles. The first-order valence-electron chi connectivity index (χ1n) is 6.75. The highest BCUT2D eigenvalue weighted by Gasteiger charge is 2.16. The normalized spacial score (nSPS) is 11.9. The number of carboxylic acids is 1. The molecule has 0 saturated carbocycles. The predicted octanol–water partition coefficient (Wildman–Crippen LogP) is 2.73. The summed E-state index contributed by atoms with van der Waals surface area (Å²) < 4.78 is 0. The number of nitrogens with two attached hydrogens (primary N) is 1. The van der Waals surface area contributed by atoms with Gasteiger partial charge in [0.2, 0.25) is 0 Å². The highest BCUT2D eigenvalue weighted by Crippen LogP contribution is 2.19. The smallest absolute Gasteiger partial charge is 0.303 e. The van der Waals surface area contributed by atoms with Crippen LogP contribution in [-0.2, 0) is 4.79 Å². The highest BCUT2D eigenvalue weighted by atomic mass is 16.4. The van der Waals surface area contributed by atoms with Crippen LogP contribution in [0.3, 0.4) is 0 Å². The maximum absolute atomic E-state index is 12.1. The summed E-state index contributed by atoms with van der Waals surface area (Å²) in [5.74, 6) is -1.17. The Hall–Kier alpha value is -2.46. The second kappa shape index (κ2) is 6.81. The van der Waals surface area contributed by atoms with Crippen molar-refractivity contribution in [1.29, 1.82) is 0 Å². The van der Waals surface area contributed by atoms with E-state index in [1.807, 2.05) is 42.5 Å². The Labute approximate surface area is 123 Å². The molecule has 0 aliphatic rings. The zero-order valence-electron chi connectivity index (χ0n) is 11.5. The van der Waals surface area contributed by atoms with Crippen LogP contribution in [0.5, 0.6) is 0 Å². The number of Topliss-reactive ketones (excluding diaryl/α,β-unsaturated/α-hetero) is 1. The molecule has 0 amide bonds. The van der Waals surface area contributed by atoms with Crippen LogP contribution < -0.4 is 5.73 Å². The third-order valence-electron chi connectivity index (χ3n) is 3.28. The summed E-state index contributed by atoms with van der Waals surface area (Å²) in [6.07, 6.45) is 0.0452. The van der Waals surface area contributed by atoms with Crippen molar-refractivity contribution in [3.63, 3.8) is 0 Å². The maximum atomic E-state index is 12.1. The Morgan fingerprint density at radius 3 is 2.10 bits per heavy atom. The molecule has 0 fully saturated rings. The molecular formula is C17H17NO3. The van der Waals surface area contributed by atoms with Gasteiger partial charge in [-0.05, 0) is 17.5 Å². The van der Waals surface area contributed by atoms with Gasteiger partial charge < -0.3 is 10.8 Å². The van der Waals surface area contributed by atoms with E-state index >= 15 is 0 Å². The van der Waals surface area contributed by atoms with E-state index in [1.54, 1.807) is 12.1 Å². The van der Waals surface area contributed by atoms with E-state index in [2.05, 4.69) is 0 Å². The first-order chi connectivity index (χ1) is 10.1. The van der Waals surface area contributed by atoms with E-state index in [-0.39, 0.29) is 18.6 Å². The lowest BCUT2D eigenvalue weighted by atomic mass is 9.98. The van der Waals surface area contributed by atoms with Gasteiger partial charge >= 0.3 is 5.97 Å². The van der Waals surface area contributed by atoms with E-state index in [9.17, 15) is 9.59 Å². The topological polar surface area (TPSA) is 80.4 Å². The maximum Gasteiger partial charge on any atom is 0.303 e. The molecule has 0 aromatic heterocycles. The van der Waals surface area contributed by atoms with Gasteiger partial charge in [0, 0.05) is 12.0 Å². The largest absolute Gasteiger partial charge is 0.481 e. The SMILES string of the molecule is NC(CCC(=O)O)C(=O)c1ccc(-c2ccccc2)cc1. The molecule has 0 bridgehead atoms. The number of carbonyl (C=O) groups excluding carboxylic acids is 1. The van der Waals surface area contributed by atoms with Crippen molar-refractivity contribution in [3.05, 3.63) is 60.2 Å². The van der Waals surface area contributed by atoms with Gasteiger partial charge in [0.25, 0.3) is 0 Å². The standard InChI is InChI=1S/C17H17NO3/c18-15(10-11-16(19)20)17(21)14-8-6-13(7-9-14)12-4-2-1-3-5-12/h1-9,15H,10-11,18H2,(H,19,20). The number of carbonyl (C=O) groups is 2. The quantitative estimate of drug-likeness (QED) is 0.799. The fraction of sp³-hybridized carbons (Fsp3) is 0.176. The summed E-state index contributed by atoms with van der Waals surface area (Å²) in [5, 5.41) is 8.61. The van der Waals surface area contributed by atoms with Gasteiger partial charge in [-0.1, -0.05) is 54.6 Å². The zero-order chi connectivity index (χ0) is 15.2. The van der Waals surface area contributed by atoms with E-state index in [0.29, 0.717) is 5.56 Å².